The molecule has 3 heteroatoms. The molecule has 0 aliphatic carbocycles. The third-order valence-corrected chi connectivity index (χ3v) is 2.41. The van der Waals surface area contributed by atoms with Gasteiger partial charge in [-0.1, -0.05) is 6.08 Å². The summed E-state index contributed by atoms with van der Waals surface area (Å²) in [7, 11) is 0. The lowest BCUT2D eigenvalue weighted by molar-refractivity contribution is 0.243. The first-order valence-electron chi connectivity index (χ1n) is 4.52. The average molecular weight is 166 g/mol. The number of aliphatic imine (C=N–C) groups is 1. The van der Waals surface area contributed by atoms with Crippen LogP contribution in [0.4, 0.5) is 0 Å². The minimum absolute atomic E-state index is 0.277. The van der Waals surface area contributed by atoms with E-state index in [2.05, 4.69) is 16.0 Å². The molecule has 0 fully saturated rings. The fourth-order valence-electron chi connectivity index (χ4n) is 1.79. The summed E-state index contributed by atoms with van der Waals surface area (Å²) >= 11 is 0. The van der Waals surface area contributed by atoms with Crippen LogP contribution in [-0.2, 0) is 0 Å². The van der Waals surface area contributed by atoms with E-state index in [0.717, 1.165) is 25.8 Å². The highest BCUT2D eigenvalue weighted by Crippen LogP contribution is 2.24. The fourth-order valence-corrected chi connectivity index (χ4v) is 1.79. The largest absolute Gasteiger partial charge is 0.396 e. The molecule has 66 valence electrons. The molecule has 1 unspecified atom stereocenters. The van der Waals surface area contributed by atoms with Gasteiger partial charge in [0.05, 0.1) is 5.70 Å². The lowest BCUT2D eigenvalue weighted by Crippen LogP contribution is -2.26. The van der Waals surface area contributed by atoms with Crippen LogP contribution in [0, 0.1) is 0 Å². The van der Waals surface area contributed by atoms with Crippen LogP contribution in [0.25, 0.3) is 0 Å². The van der Waals surface area contributed by atoms with E-state index in [-0.39, 0.29) is 6.61 Å². The maximum Gasteiger partial charge on any atom is 0.121 e. The number of hydrogen-bond acceptors (Lipinski definition) is 3. The smallest absolute Gasteiger partial charge is 0.121 e. The Hall–Kier alpha value is -0.830. The Morgan fingerprint density at radius 2 is 2.58 bits per heavy atom. The maximum atomic E-state index is 8.68. The Morgan fingerprint density at radius 3 is 3.42 bits per heavy atom. The van der Waals surface area contributed by atoms with Gasteiger partial charge in [-0.25, -0.2) is 0 Å². The van der Waals surface area contributed by atoms with Gasteiger partial charge in [0.15, 0.2) is 0 Å². The van der Waals surface area contributed by atoms with Crippen molar-refractivity contribution in [2.75, 3.05) is 13.2 Å². The first-order valence-corrected chi connectivity index (χ1v) is 4.52. The molecule has 12 heavy (non-hydrogen) atoms. The Kier molecular flexibility index (Phi) is 2.13. The summed E-state index contributed by atoms with van der Waals surface area (Å²) in [5.74, 6) is 0. The molecule has 0 radical (unpaired) electrons. The summed E-state index contributed by atoms with van der Waals surface area (Å²) in [5.41, 5.74) is 1.28. The standard InChI is InChI=1S/C9H14N2O/c12-6-2-4-9-10-7-8-3-1-5-11(8)9/h3,7,9,12H,1-2,4-6H2. The monoisotopic (exact) mass is 166 g/mol. The fraction of sp³-hybridized carbons (Fsp3) is 0.667. The Morgan fingerprint density at radius 1 is 1.67 bits per heavy atom. The predicted molar refractivity (Wildman–Crippen MR) is 48.0 cm³/mol. The lowest BCUT2D eigenvalue weighted by atomic mass is 10.2. The predicted octanol–water partition coefficient (Wildman–Crippen LogP) is 0.759. The van der Waals surface area contributed by atoms with Crippen molar-refractivity contribution in [2.45, 2.75) is 25.4 Å². The van der Waals surface area contributed by atoms with E-state index in [1.807, 2.05) is 6.21 Å². The second-order valence-corrected chi connectivity index (χ2v) is 3.24. The number of rotatable bonds is 3. The van der Waals surface area contributed by atoms with Crippen LogP contribution in [0.1, 0.15) is 19.3 Å². The molecule has 2 heterocycles. The maximum absolute atomic E-state index is 8.68. The van der Waals surface area contributed by atoms with Gasteiger partial charge in [-0.2, -0.15) is 0 Å². The minimum Gasteiger partial charge on any atom is -0.396 e. The van der Waals surface area contributed by atoms with Crippen molar-refractivity contribution in [3.8, 4) is 0 Å². The SMILES string of the molecule is OCCCC1N=CC2=CCCN21. The van der Waals surface area contributed by atoms with Gasteiger partial charge in [0.1, 0.15) is 6.17 Å². The molecule has 0 spiro atoms. The van der Waals surface area contributed by atoms with Crippen molar-refractivity contribution in [1.29, 1.82) is 0 Å². The highest BCUT2D eigenvalue weighted by molar-refractivity contribution is 5.80. The van der Waals surface area contributed by atoms with Crippen molar-refractivity contribution < 1.29 is 5.11 Å². The Balaban J connectivity index is 1.93. The number of hydrogen-bond donors (Lipinski definition) is 1. The van der Waals surface area contributed by atoms with E-state index in [4.69, 9.17) is 5.11 Å². The zero-order chi connectivity index (χ0) is 8.39. The summed E-state index contributed by atoms with van der Waals surface area (Å²) in [5, 5.41) is 8.68. The zero-order valence-corrected chi connectivity index (χ0v) is 7.11. The normalized spacial score (nSPS) is 26.2. The number of aliphatic hydroxyl groups is 1. The molecule has 0 saturated carbocycles. The Bertz CT molecular complexity index is 223. The van der Waals surface area contributed by atoms with E-state index >= 15 is 0 Å². The average Bonchev–Trinajstić information content (AvgIpc) is 2.62. The molecule has 0 aromatic rings. The van der Waals surface area contributed by atoms with Crippen LogP contribution in [0.3, 0.4) is 0 Å². The van der Waals surface area contributed by atoms with Gasteiger partial charge in [-0.05, 0) is 19.3 Å². The number of nitrogens with zero attached hydrogens (tertiary/aromatic N) is 2. The van der Waals surface area contributed by atoms with Gasteiger partial charge in [-0.15, -0.1) is 0 Å². The molecule has 0 amide bonds. The van der Waals surface area contributed by atoms with E-state index in [1.165, 1.54) is 5.70 Å². The van der Waals surface area contributed by atoms with Gasteiger partial charge >= 0.3 is 0 Å². The summed E-state index contributed by atoms with van der Waals surface area (Å²) in [6.07, 6.45) is 7.47. The lowest BCUT2D eigenvalue weighted by Gasteiger charge is -2.21. The molecule has 1 atom stereocenters. The topological polar surface area (TPSA) is 35.8 Å². The molecule has 2 aliphatic rings. The highest BCUT2D eigenvalue weighted by Gasteiger charge is 2.25. The second kappa shape index (κ2) is 3.27. The highest BCUT2D eigenvalue weighted by atomic mass is 16.2. The first-order chi connectivity index (χ1) is 5.92. The third kappa shape index (κ3) is 1.25. The van der Waals surface area contributed by atoms with E-state index in [0.29, 0.717) is 6.17 Å². The molecule has 0 bridgehead atoms. The van der Waals surface area contributed by atoms with Crippen LogP contribution in [0.5, 0.6) is 0 Å². The quantitative estimate of drug-likeness (QED) is 0.672. The molecule has 2 aliphatic heterocycles. The van der Waals surface area contributed by atoms with Crippen molar-refractivity contribution >= 4 is 6.21 Å². The van der Waals surface area contributed by atoms with E-state index in [9.17, 15) is 0 Å². The molecular formula is C9H14N2O. The van der Waals surface area contributed by atoms with Crippen molar-refractivity contribution in [2.24, 2.45) is 4.99 Å². The summed E-state index contributed by atoms with van der Waals surface area (Å²) in [6.45, 7) is 1.38. The van der Waals surface area contributed by atoms with E-state index < -0.39 is 0 Å². The molecule has 0 aromatic carbocycles. The van der Waals surface area contributed by atoms with Crippen LogP contribution >= 0.6 is 0 Å². The molecule has 3 nitrogen and oxygen atoms in total. The minimum atomic E-state index is 0.277. The number of allylic oxidation sites excluding steroid dienone is 1. The van der Waals surface area contributed by atoms with Gasteiger partial charge in [0.2, 0.25) is 0 Å². The van der Waals surface area contributed by atoms with Crippen molar-refractivity contribution in [1.82, 2.24) is 4.90 Å². The van der Waals surface area contributed by atoms with Crippen LogP contribution in [0.2, 0.25) is 0 Å². The summed E-state index contributed by atoms with van der Waals surface area (Å²) in [4.78, 5) is 6.69. The number of aliphatic hydroxyl groups excluding tert-OH is 1. The Labute approximate surface area is 72.4 Å². The van der Waals surface area contributed by atoms with Crippen LogP contribution in [0.15, 0.2) is 16.8 Å². The third-order valence-electron chi connectivity index (χ3n) is 2.41. The van der Waals surface area contributed by atoms with Crippen molar-refractivity contribution in [3.05, 3.63) is 11.8 Å². The molecule has 2 rings (SSSR count). The van der Waals surface area contributed by atoms with Gasteiger partial charge in [-0.3, -0.25) is 4.99 Å². The zero-order valence-electron chi connectivity index (χ0n) is 7.11. The molecule has 1 N–H and O–H groups in total. The molecular weight excluding hydrogens is 152 g/mol. The summed E-state index contributed by atoms with van der Waals surface area (Å²) in [6, 6.07) is 0. The van der Waals surface area contributed by atoms with Gasteiger partial charge in [0.25, 0.3) is 0 Å². The van der Waals surface area contributed by atoms with E-state index in [1.54, 1.807) is 0 Å². The van der Waals surface area contributed by atoms with Crippen LogP contribution in [-0.4, -0.2) is 35.5 Å². The van der Waals surface area contributed by atoms with Crippen LogP contribution < -0.4 is 0 Å². The van der Waals surface area contributed by atoms with Gasteiger partial charge in [0, 0.05) is 19.4 Å². The summed E-state index contributed by atoms with van der Waals surface area (Å²) < 4.78 is 0. The molecule has 0 aromatic heterocycles. The molecule has 0 saturated heterocycles. The van der Waals surface area contributed by atoms with Crippen molar-refractivity contribution in [3.63, 3.8) is 0 Å². The first kappa shape index (κ1) is 7.80. The second-order valence-electron chi connectivity index (χ2n) is 3.24. The number of fused-ring (bicyclic) bond motifs is 1. The van der Waals surface area contributed by atoms with Gasteiger partial charge < -0.3 is 10.0 Å².